The van der Waals surface area contributed by atoms with Crippen LogP contribution in [0.4, 0.5) is 0 Å². The summed E-state index contributed by atoms with van der Waals surface area (Å²) in [5.74, 6) is 0. The van der Waals surface area contributed by atoms with Crippen LogP contribution < -0.4 is 5.73 Å². The van der Waals surface area contributed by atoms with Gasteiger partial charge in [0.25, 0.3) is 0 Å². The molecule has 0 fully saturated rings. The second kappa shape index (κ2) is 6.37. The van der Waals surface area contributed by atoms with Gasteiger partial charge in [-0.1, -0.05) is 30.3 Å². The molecule has 0 amide bonds. The number of ether oxygens (including phenoxy) is 1. The van der Waals surface area contributed by atoms with Gasteiger partial charge in [0.1, 0.15) is 6.10 Å². The Balaban J connectivity index is 1.85. The van der Waals surface area contributed by atoms with Crippen molar-refractivity contribution in [2.24, 2.45) is 5.73 Å². The van der Waals surface area contributed by atoms with E-state index in [0.29, 0.717) is 0 Å². The average Bonchev–Trinajstić information content (AvgIpc) is 2.53. The molecule has 0 radical (unpaired) electrons. The predicted octanol–water partition coefficient (Wildman–Crippen LogP) is 3.56. The highest BCUT2D eigenvalue weighted by molar-refractivity contribution is 5.31. The minimum absolute atomic E-state index is 0.0889. The lowest BCUT2D eigenvalue weighted by atomic mass is 9.89. The molecule has 0 bridgehead atoms. The molecule has 3 atom stereocenters. The molecule has 3 rings (SSSR count). The summed E-state index contributed by atoms with van der Waals surface area (Å²) in [6, 6.07) is 14.4. The smallest absolute Gasteiger partial charge is 0.115 e. The Hall–Kier alpha value is -1.71. The summed E-state index contributed by atoms with van der Waals surface area (Å²) in [6.45, 7) is 1.98. The molecule has 0 aliphatic heterocycles. The highest BCUT2D eigenvalue weighted by Crippen LogP contribution is 2.36. The van der Waals surface area contributed by atoms with Gasteiger partial charge in [-0.25, -0.2) is 0 Å². The van der Waals surface area contributed by atoms with Crippen LogP contribution in [0.3, 0.4) is 0 Å². The van der Waals surface area contributed by atoms with E-state index in [-0.39, 0.29) is 18.2 Å². The third-order valence-electron chi connectivity index (χ3n) is 4.08. The second-order valence-corrected chi connectivity index (χ2v) is 5.75. The van der Waals surface area contributed by atoms with Crippen LogP contribution >= 0.6 is 0 Å². The van der Waals surface area contributed by atoms with E-state index in [1.54, 1.807) is 6.20 Å². The molecule has 1 aromatic heterocycles. The van der Waals surface area contributed by atoms with Crippen LogP contribution in [-0.4, -0.2) is 11.0 Å². The molecular formula is C18H22N2O. The summed E-state index contributed by atoms with van der Waals surface area (Å²) >= 11 is 0. The van der Waals surface area contributed by atoms with Gasteiger partial charge < -0.3 is 10.5 Å². The number of nitrogens with two attached hydrogens (primary N) is 1. The lowest BCUT2D eigenvalue weighted by Crippen LogP contribution is -2.29. The van der Waals surface area contributed by atoms with Gasteiger partial charge in [-0.2, -0.15) is 0 Å². The van der Waals surface area contributed by atoms with Crippen molar-refractivity contribution in [3.63, 3.8) is 0 Å². The molecule has 0 spiro atoms. The quantitative estimate of drug-likeness (QED) is 0.932. The minimum atomic E-state index is -0.164. The Morgan fingerprint density at radius 2 is 2.00 bits per heavy atom. The molecule has 3 unspecified atom stereocenters. The fourth-order valence-corrected chi connectivity index (χ4v) is 3.03. The fourth-order valence-electron chi connectivity index (χ4n) is 3.03. The number of benzene rings is 1. The zero-order chi connectivity index (χ0) is 14.7. The Labute approximate surface area is 126 Å². The molecule has 110 valence electrons. The minimum Gasteiger partial charge on any atom is -0.362 e. The summed E-state index contributed by atoms with van der Waals surface area (Å²) in [5, 5.41) is 0. The molecule has 21 heavy (non-hydrogen) atoms. The van der Waals surface area contributed by atoms with Crippen LogP contribution in [0.5, 0.6) is 0 Å². The van der Waals surface area contributed by atoms with Crippen LogP contribution in [0.15, 0.2) is 48.7 Å². The number of nitrogens with zero attached hydrogens (tertiary/aromatic N) is 1. The average molecular weight is 282 g/mol. The molecule has 0 saturated heterocycles. The van der Waals surface area contributed by atoms with Crippen molar-refractivity contribution >= 4 is 0 Å². The zero-order valence-electron chi connectivity index (χ0n) is 12.4. The summed E-state index contributed by atoms with van der Waals surface area (Å²) in [4.78, 5) is 4.42. The normalized spacial score (nSPS) is 20.6. The maximum absolute atomic E-state index is 6.38. The van der Waals surface area contributed by atoms with E-state index in [0.717, 1.165) is 25.0 Å². The monoisotopic (exact) mass is 282 g/mol. The van der Waals surface area contributed by atoms with Crippen molar-refractivity contribution in [1.29, 1.82) is 0 Å². The molecule has 1 aliphatic carbocycles. The summed E-state index contributed by atoms with van der Waals surface area (Å²) < 4.78 is 6.38. The molecule has 0 saturated carbocycles. The van der Waals surface area contributed by atoms with Crippen LogP contribution in [0, 0.1) is 0 Å². The predicted molar refractivity (Wildman–Crippen MR) is 83.8 cm³/mol. The van der Waals surface area contributed by atoms with Gasteiger partial charge >= 0.3 is 0 Å². The van der Waals surface area contributed by atoms with Crippen molar-refractivity contribution in [2.75, 3.05) is 0 Å². The van der Waals surface area contributed by atoms with Gasteiger partial charge in [-0.05, 0) is 49.4 Å². The summed E-state index contributed by atoms with van der Waals surface area (Å²) in [5.41, 5.74) is 9.76. The first-order valence-corrected chi connectivity index (χ1v) is 7.65. The van der Waals surface area contributed by atoms with Crippen LogP contribution in [-0.2, 0) is 11.2 Å². The van der Waals surface area contributed by atoms with Crippen LogP contribution in [0.2, 0.25) is 0 Å². The standard InChI is InChI=1S/C18H22N2O/c1-13(19)18(16-10-4-5-12-20-16)21-17-11-6-8-14-7-2-3-9-15(14)17/h2-5,7,9-10,12-13,17-18H,6,8,11,19H2,1H3. The first-order chi connectivity index (χ1) is 10.3. The molecule has 3 heteroatoms. The fraction of sp³-hybridized carbons (Fsp3) is 0.389. The first kappa shape index (κ1) is 14.2. The molecular weight excluding hydrogens is 260 g/mol. The lowest BCUT2D eigenvalue weighted by Gasteiger charge is -2.31. The Morgan fingerprint density at radius 1 is 1.19 bits per heavy atom. The Morgan fingerprint density at radius 3 is 2.76 bits per heavy atom. The molecule has 2 N–H and O–H groups in total. The van der Waals surface area contributed by atoms with Gasteiger partial charge in [-0.3, -0.25) is 4.98 Å². The number of aromatic nitrogens is 1. The maximum Gasteiger partial charge on any atom is 0.115 e. The molecule has 2 aromatic rings. The van der Waals surface area contributed by atoms with E-state index in [9.17, 15) is 0 Å². The van der Waals surface area contributed by atoms with Crippen molar-refractivity contribution < 1.29 is 4.74 Å². The number of hydrogen-bond acceptors (Lipinski definition) is 3. The Bertz CT molecular complexity index is 583. The van der Waals surface area contributed by atoms with E-state index >= 15 is 0 Å². The van der Waals surface area contributed by atoms with E-state index in [4.69, 9.17) is 10.5 Å². The number of aryl methyl sites for hydroxylation is 1. The summed E-state index contributed by atoms with van der Waals surface area (Å²) in [6.07, 6.45) is 5.10. The highest BCUT2D eigenvalue weighted by Gasteiger charge is 2.27. The molecule has 1 aromatic carbocycles. The lowest BCUT2D eigenvalue weighted by molar-refractivity contribution is -0.0361. The molecule has 1 aliphatic rings. The zero-order valence-corrected chi connectivity index (χ0v) is 12.4. The highest BCUT2D eigenvalue weighted by atomic mass is 16.5. The third kappa shape index (κ3) is 3.14. The van der Waals surface area contributed by atoms with Gasteiger partial charge in [-0.15, -0.1) is 0 Å². The summed E-state index contributed by atoms with van der Waals surface area (Å²) in [7, 11) is 0. The van der Waals surface area contributed by atoms with Gasteiger partial charge in [0, 0.05) is 12.2 Å². The topological polar surface area (TPSA) is 48.1 Å². The van der Waals surface area contributed by atoms with Gasteiger partial charge in [0.15, 0.2) is 0 Å². The number of pyridine rings is 1. The number of rotatable bonds is 4. The van der Waals surface area contributed by atoms with Crippen molar-refractivity contribution in [2.45, 2.75) is 44.4 Å². The van der Waals surface area contributed by atoms with Crippen molar-refractivity contribution in [3.8, 4) is 0 Å². The van der Waals surface area contributed by atoms with E-state index < -0.39 is 0 Å². The van der Waals surface area contributed by atoms with Gasteiger partial charge in [0.05, 0.1) is 11.8 Å². The van der Waals surface area contributed by atoms with Crippen LogP contribution in [0.1, 0.15) is 48.8 Å². The van der Waals surface area contributed by atoms with Crippen molar-refractivity contribution in [3.05, 3.63) is 65.5 Å². The SMILES string of the molecule is CC(N)C(OC1CCCc2ccccc21)c1ccccn1. The maximum atomic E-state index is 6.38. The first-order valence-electron chi connectivity index (χ1n) is 7.65. The number of fused-ring (bicyclic) bond motifs is 1. The van der Waals surface area contributed by atoms with E-state index in [1.807, 2.05) is 25.1 Å². The second-order valence-electron chi connectivity index (χ2n) is 5.75. The third-order valence-corrected chi connectivity index (χ3v) is 4.08. The molecule has 1 heterocycles. The van der Waals surface area contributed by atoms with E-state index in [1.165, 1.54) is 11.1 Å². The van der Waals surface area contributed by atoms with Crippen molar-refractivity contribution in [1.82, 2.24) is 4.98 Å². The molecule has 3 nitrogen and oxygen atoms in total. The number of hydrogen-bond donors (Lipinski definition) is 1. The van der Waals surface area contributed by atoms with Crippen LogP contribution in [0.25, 0.3) is 0 Å². The van der Waals surface area contributed by atoms with E-state index in [2.05, 4.69) is 29.2 Å². The largest absolute Gasteiger partial charge is 0.362 e. The van der Waals surface area contributed by atoms with Gasteiger partial charge in [0.2, 0.25) is 0 Å². The Kier molecular flexibility index (Phi) is 4.32.